The van der Waals surface area contributed by atoms with Crippen LogP contribution in [0.4, 0.5) is 0 Å². The quantitative estimate of drug-likeness (QED) is 0.866. The molecule has 1 saturated heterocycles. The van der Waals surface area contributed by atoms with Crippen molar-refractivity contribution in [2.24, 2.45) is 0 Å². The van der Waals surface area contributed by atoms with Gasteiger partial charge in [0.05, 0.1) is 20.3 Å². The summed E-state index contributed by atoms with van der Waals surface area (Å²) < 4.78 is 16.5. The molecule has 5 nitrogen and oxygen atoms in total. The number of rotatable bonds is 3. The van der Waals surface area contributed by atoms with E-state index in [0.717, 1.165) is 31.5 Å². The molecule has 0 saturated carbocycles. The van der Waals surface area contributed by atoms with Crippen molar-refractivity contribution >= 4 is 0 Å². The summed E-state index contributed by atoms with van der Waals surface area (Å²) in [5.41, 5.74) is 2.26. The van der Waals surface area contributed by atoms with Crippen LogP contribution < -0.4 is 9.47 Å². The maximum atomic E-state index is 10.4. The Morgan fingerprint density at radius 2 is 2.00 bits per heavy atom. The van der Waals surface area contributed by atoms with Crippen molar-refractivity contribution in [3.63, 3.8) is 0 Å². The number of nitrogens with zero attached hydrogens (tertiary/aromatic N) is 1. The van der Waals surface area contributed by atoms with Crippen molar-refractivity contribution in [2.45, 2.75) is 36.9 Å². The predicted octanol–water partition coefficient (Wildman–Crippen LogP) is 2.21. The maximum absolute atomic E-state index is 10.4. The Bertz CT molecular complexity index is 671. The summed E-state index contributed by atoms with van der Waals surface area (Å²) in [4.78, 5) is 2.51. The highest BCUT2D eigenvalue weighted by atomic mass is 16.5. The fourth-order valence-electron chi connectivity index (χ4n) is 4.73. The predicted molar refractivity (Wildman–Crippen MR) is 86.3 cm³/mol. The Morgan fingerprint density at radius 3 is 2.70 bits per heavy atom. The fourth-order valence-corrected chi connectivity index (χ4v) is 4.73. The van der Waals surface area contributed by atoms with Gasteiger partial charge in [-0.25, -0.2) is 0 Å². The molecule has 0 amide bonds. The maximum Gasteiger partial charge on any atom is 0.203 e. The molecule has 0 aromatic heterocycles. The Balaban J connectivity index is 1.93. The van der Waals surface area contributed by atoms with Crippen molar-refractivity contribution in [1.82, 2.24) is 4.90 Å². The minimum absolute atomic E-state index is 0.0559. The first-order valence-electron chi connectivity index (χ1n) is 8.08. The van der Waals surface area contributed by atoms with E-state index in [2.05, 4.69) is 17.1 Å². The van der Waals surface area contributed by atoms with Gasteiger partial charge in [-0.1, -0.05) is 12.2 Å². The molecule has 1 aromatic rings. The number of hydrogen-bond acceptors (Lipinski definition) is 5. The molecule has 1 fully saturated rings. The normalized spacial score (nSPS) is 34.0. The highest BCUT2D eigenvalue weighted by molar-refractivity contribution is 5.63. The first kappa shape index (κ1) is 14.8. The fraction of sp³-hybridized carbons (Fsp3) is 0.556. The topological polar surface area (TPSA) is 51.2 Å². The van der Waals surface area contributed by atoms with Gasteiger partial charge in [0, 0.05) is 37.2 Å². The molecule has 1 aliphatic carbocycles. The van der Waals surface area contributed by atoms with Crippen molar-refractivity contribution in [2.75, 3.05) is 27.9 Å². The molecule has 0 spiro atoms. The second kappa shape index (κ2) is 5.14. The van der Waals surface area contributed by atoms with Gasteiger partial charge in [-0.3, -0.25) is 4.90 Å². The zero-order chi connectivity index (χ0) is 16.2. The van der Waals surface area contributed by atoms with Crippen LogP contribution in [0.3, 0.4) is 0 Å². The summed E-state index contributed by atoms with van der Waals surface area (Å²) in [7, 11) is 4.96. The van der Waals surface area contributed by atoms with E-state index < -0.39 is 0 Å². The van der Waals surface area contributed by atoms with Crippen LogP contribution in [0.25, 0.3) is 0 Å². The van der Waals surface area contributed by atoms with Crippen LogP contribution in [0.1, 0.15) is 24.0 Å². The average molecular weight is 317 g/mol. The molecule has 2 heterocycles. The summed E-state index contributed by atoms with van der Waals surface area (Å²) >= 11 is 0. The molecule has 2 aliphatic heterocycles. The summed E-state index contributed by atoms with van der Waals surface area (Å²) in [6.45, 7) is 1.87. The van der Waals surface area contributed by atoms with Gasteiger partial charge in [-0.2, -0.15) is 0 Å². The zero-order valence-corrected chi connectivity index (χ0v) is 13.8. The summed E-state index contributed by atoms with van der Waals surface area (Å²) in [6, 6.07) is 2.30. The van der Waals surface area contributed by atoms with E-state index in [9.17, 15) is 5.11 Å². The van der Waals surface area contributed by atoms with Gasteiger partial charge in [0.25, 0.3) is 0 Å². The van der Waals surface area contributed by atoms with Gasteiger partial charge in [0.2, 0.25) is 5.75 Å². The Morgan fingerprint density at radius 1 is 1.22 bits per heavy atom. The SMILES string of the molecule is COc1c(O)cc2c(c1OC)CN1CC[C@]23C=C[C@H](OC)C[C@H]13. The van der Waals surface area contributed by atoms with Crippen molar-refractivity contribution in [3.8, 4) is 17.2 Å². The third-order valence-corrected chi connectivity index (χ3v) is 5.80. The molecular formula is C18H23NO4. The summed E-state index contributed by atoms with van der Waals surface area (Å²) in [6.07, 6.45) is 6.68. The van der Waals surface area contributed by atoms with Crippen molar-refractivity contribution in [1.29, 1.82) is 0 Å². The van der Waals surface area contributed by atoms with E-state index in [-0.39, 0.29) is 17.3 Å². The van der Waals surface area contributed by atoms with Gasteiger partial charge in [-0.15, -0.1) is 0 Å². The monoisotopic (exact) mass is 317 g/mol. The van der Waals surface area contributed by atoms with Gasteiger partial charge in [0.1, 0.15) is 0 Å². The largest absolute Gasteiger partial charge is 0.504 e. The molecule has 5 heteroatoms. The molecule has 1 N–H and O–H groups in total. The Kier molecular flexibility index (Phi) is 3.32. The lowest BCUT2D eigenvalue weighted by atomic mass is 9.66. The standard InChI is InChI=1S/C18H23NO4/c1-21-11-4-5-18-6-7-19(15(18)8-11)10-12-13(18)9-14(20)17(23-3)16(12)22-2/h4-5,9,11,15,20H,6-8,10H2,1-3H3/t11-,15-,18+/m0/s1. The van der Waals surface area contributed by atoms with Gasteiger partial charge >= 0.3 is 0 Å². The highest BCUT2D eigenvalue weighted by Gasteiger charge is 2.54. The molecular weight excluding hydrogens is 294 g/mol. The lowest BCUT2D eigenvalue weighted by Gasteiger charge is -2.46. The number of phenols is 1. The van der Waals surface area contributed by atoms with Crippen LogP contribution >= 0.6 is 0 Å². The van der Waals surface area contributed by atoms with Crippen molar-refractivity contribution in [3.05, 3.63) is 29.3 Å². The number of phenolic OH excluding ortho intramolecular Hbond substituents is 1. The van der Waals surface area contributed by atoms with Gasteiger partial charge in [0.15, 0.2) is 11.5 Å². The van der Waals surface area contributed by atoms with E-state index in [1.165, 1.54) is 5.56 Å². The second-order valence-electron chi connectivity index (χ2n) is 6.63. The molecule has 1 unspecified atom stereocenters. The molecule has 2 bridgehead atoms. The van der Waals surface area contributed by atoms with Crippen molar-refractivity contribution < 1.29 is 19.3 Å². The van der Waals surface area contributed by atoms with Crippen LogP contribution in [0.5, 0.6) is 17.2 Å². The lowest BCUT2D eigenvalue weighted by Crippen LogP contribution is -2.49. The number of ether oxygens (including phenoxy) is 3. The molecule has 3 aliphatic rings. The van der Waals surface area contributed by atoms with E-state index in [1.54, 1.807) is 21.3 Å². The second-order valence-corrected chi connectivity index (χ2v) is 6.63. The number of benzene rings is 1. The van der Waals surface area contributed by atoms with Crippen LogP contribution in [-0.2, 0) is 16.7 Å². The zero-order valence-electron chi connectivity index (χ0n) is 13.8. The number of fused-ring (bicyclic) bond motifs is 1. The van der Waals surface area contributed by atoms with Crippen LogP contribution in [0.2, 0.25) is 0 Å². The molecule has 4 atom stereocenters. The van der Waals surface area contributed by atoms with E-state index >= 15 is 0 Å². The smallest absolute Gasteiger partial charge is 0.203 e. The molecule has 4 rings (SSSR count). The molecule has 124 valence electrons. The van der Waals surface area contributed by atoms with Gasteiger partial charge < -0.3 is 19.3 Å². The minimum atomic E-state index is -0.0559. The third-order valence-electron chi connectivity index (χ3n) is 5.80. The average Bonchev–Trinajstić information content (AvgIpc) is 2.86. The Labute approximate surface area is 136 Å². The molecule has 23 heavy (non-hydrogen) atoms. The molecule has 1 aromatic carbocycles. The van der Waals surface area contributed by atoms with E-state index in [0.29, 0.717) is 17.5 Å². The first-order valence-corrected chi connectivity index (χ1v) is 8.08. The number of aromatic hydroxyl groups is 1. The van der Waals surface area contributed by atoms with E-state index in [1.807, 2.05) is 6.07 Å². The summed E-state index contributed by atoms with van der Waals surface area (Å²) in [5, 5.41) is 10.4. The van der Waals surface area contributed by atoms with Crippen LogP contribution in [0.15, 0.2) is 18.2 Å². The highest BCUT2D eigenvalue weighted by Crippen LogP contribution is 2.56. The van der Waals surface area contributed by atoms with E-state index in [4.69, 9.17) is 14.2 Å². The number of hydrogen-bond donors (Lipinski definition) is 1. The summed E-state index contributed by atoms with van der Waals surface area (Å²) in [5.74, 6) is 1.24. The first-order chi connectivity index (χ1) is 11.1. The number of methoxy groups -OCH3 is 3. The molecule has 0 radical (unpaired) electrons. The third kappa shape index (κ3) is 1.86. The van der Waals surface area contributed by atoms with Crippen LogP contribution in [-0.4, -0.2) is 50.0 Å². The minimum Gasteiger partial charge on any atom is -0.504 e. The lowest BCUT2D eigenvalue weighted by molar-refractivity contribution is 0.0743. The van der Waals surface area contributed by atoms with Crippen LogP contribution in [0, 0.1) is 0 Å². The van der Waals surface area contributed by atoms with Gasteiger partial charge in [-0.05, 0) is 24.5 Å². The Hall–Kier alpha value is -1.72.